The summed E-state index contributed by atoms with van der Waals surface area (Å²) in [5.74, 6) is 0.909. The smallest absolute Gasteiger partial charge is 0.260 e. The Balaban J connectivity index is 2.20. The SMILES string of the molecule is CC(C)c1ccc(O)c(C(=O)NC2=NCCS2)c1. The zero-order valence-electron chi connectivity index (χ0n) is 10.4. The molecule has 18 heavy (non-hydrogen) atoms. The Kier molecular flexibility index (Phi) is 3.91. The Bertz CT molecular complexity index is 498. The molecule has 2 N–H and O–H groups in total. The van der Waals surface area contributed by atoms with Crippen LogP contribution in [0.15, 0.2) is 23.2 Å². The highest BCUT2D eigenvalue weighted by Crippen LogP contribution is 2.23. The van der Waals surface area contributed by atoms with Crippen molar-refractivity contribution >= 4 is 22.8 Å². The van der Waals surface area contributed by atoms with Gasteiger partial charge in [-0.05, 0) is 23.6 Å². The van der Waals surface area contributed by atoms with Crippen molar-refractivity contribution in [3.63, 3.8) is 0 Å². The lowest BCUT2D eigenvalue weighted by Crippen LogP contribution is -2.27. The number of aromatic hydroxyl groups is 1. The average Bonchev–Trinajstić information content (AvgIpc) is 2.81. The Morgan fingerprint density at radius 1 is 1.50 bits per heavy atom. The van der Waals surface area contributed by atoms with Crippen LogP contribution in [0.1, 0.15) is 35.7 Å². The third-order valence-corrected chi connectivity index (χ3v) is 3.63. The minimum Gasteiger partial charge on any atom is -0.507 e. The molecule has 0 unspecified atom stereocenters. The summed E-state index contributed by atoms with van der Waals surface area (Å²) in [7, 11) is 0. The molecule has 0 bridgehead atoms. The first-order valence-corrected chi connectivity index (χ1v) is 6.88. The molecule has 1 heterocycles. The van der Waals surface area contributed by atoms with Crippen molar-refractivity contribution in [1.82, 2.24) is 5.32 Å². The van der Waals surface area contributed by atoms with Gasteiger partial charge < -0.3 is 10.4 Å². The molecule has 1 aliphatic rings. The van der Waals surface area contributed by atoms with Crippen LogP contribution in [0, 0.1) is 0 Å². The van der Waals surface area contributed by atoms with Crippen LogP contribution in [0.5, 0.6) is 5.75 Å². The van der Waals surface area contributed by atoms with Crippen LogP contribution in [0.3, 0.4) is 0 Å². The number of amidine groups is 1. The third kappa shape index (κ3) is 2.85. The predicted octanol–water partition coefficient (Wildman–Crippen LogP) is 2.35. The van der Waals surface area contributed by atoms with Crippen LogP contribution in [0.2, 0.25) is 0 Å². The second kappa shape index (κ2) is 5.44. The van der Waals surface area contributed by atoms with Crippen LogP contribution < -0.4 is 5.32 Å². The van der Waals surface area contributed by atoms with E-state index in [9.17, 15) is 9.90 Å². The molecule has 1 amide bonds. The van der Waals surface area contributed by atoms with Crippen LogP contribution in [0.25, 0.3) is 0 Å². The number of carbonyl (C=O) groups is 1. The Hall–Kier alpha value is -1.49. The number of carbonyl (C=O) groups excluding carboxylic acids is 1. The van der Waals surface area contributed by atoms with E-state index in [0.29, 0.717) is 16.6 Å². The molecule has 0 saturated carbocycles. The highest BCUT2D eigenvalue weighted by molar-refractivity contribution is 8.14. The van der Waals surface area contributed by atoms with Crippen molar-refractivity contribution in [3.8, 4) is 5.75 Å². The standard InChI is InChI=1S/C13H16N2O2S/c1-8(2)9-3-4-11(16)10(7-9)12(17)15-13-14-5-6-18-13/h3-4,7-8,16H,5-6H2,1-2H3,(H,14,15,17). The van der Waals surface area contributed by atoms with Gasteiger partial charge in [0.1, 0.15) is 5.75 Å². The summed E-state index contributed by atoms with van der Waals surface area (Å²) in [5, 5.41) is 13.1. The summed E-state index contributed by atoms with van der Waals surface area (Å²) in [5.41, 5.74) is 1.33. The molecule has 0 radical (unpaired) electrons. The lowest BCUT2D eigenvalue weighted by molar-refractivity contribution is 0.0975. The lowest BCUT2D eigenvalue weighted by Gasteiger charge is -2.10. The van der Waals surface area contributed by atoms with E-state index < -0.39 is 0 Å². The minimum absolute atomic E-state index is 0.000460. The zero-order chi connectivity index (χ0) is 13.1. The third-order valence-electron chi connectivity index (χ3n) is 2.74. The second-order valence-corrected chi connectivity index (χ2v) is 5.50. The van der Waals surface area contributed by atoms with E-state index in [1.165, 1.54) is 11.8 Å². The molecule has 1 aromatic rings. The largest absolute Gasteiger partial charge is 0.507 e. The monoisotopic (exact) mass is 264 g/mol. The molecule has 0 spiro atoms. The minimum atomic E-state index is -0.303. The van der Waals surface area contributed by atoms with Gasteiger partial charge in [-0.25, -0.2) is 0 Å². The number of phenols is 1. The van der Waals surface area contributed by atoms with Crippen molar-refractivity contribution < 1.29 is 9.90 Å². The summed E-state index contributed by atoms with van der Waals surface area (Å²) in [6, 6.07) is 5.13. The van der Waals surface area contributed by atoms with Crippen molar-refractivity contribution in [2.24, 2.45) is 4.99 Å². The van der Waals surface area contributed by atoms with E-state index in [4.69, 9.17) is 0 Å². The maximum absolute atomic E-state index is 12.0. The first kappa shape index (κ1) is 13.0. The predicted molar refractivity (Wildman–Crippen MR) is 74.4 cm³/mol. The van der Waals surface area contributed by atoms with Crippen molar-refractivity contribution in [3.05, 3.63) is 29.3 Å². The number of thioether (sulfide) groups is 1. The van der Waals surface area contributed by atoms with Gasteiger partial charge in [-0.15, -0.1) is 0 Å². The number of hydrogen-bond donors (Lipinski definition) is 2. The number of phenolic OH excluding ortho intramolecular Hbond substituents is 1. The normalized spacial score (nSPS) is 14.7. The van der Waals surface area contributed by atoms with E-state index in [1.807, 2.05) is 19.9 Å². The van der Waals surface area contributed by atoms with Gasteiger partial charge in [0.2, 0.25) is 0 Å². The molecule has 4 nitrogen and oxygen atoms in total. The van der Waals surface area contributed by atoms with Crippen LogP contribution in [-0.4, -0.2) is 28.5 Å². The van der Waals surface area contributed by atoms with Crippen molar-refractivity contribution in [2.75, 3.05) is 12.3 Å². The molecular formula is C13H16N2O2S. The van der Waals surface area contributed by atoms with Gasteiger partial charge >= 0.3 is 0 Å². The fourth-order valence-electron chi connectivity index (χ4n) is 1.67. The summed E-state index contributed by atoms with van der Waals surface area (Å²) in [6.45, 7) is 4.83. The van der Waals surface area contributed by atoms with E-state index in [2.05, 4.69) is 10.3 Å². The van der Waals surface area contributed by atoms with E-state index in [-0.39, 0.29) is 11.7 Å². The van der Waals surface area contributed by atoms with E-state index >= 15 is 0 Å². The fraction of sp³-hybridized carbons (Fsp3) is 0.385. The first-order chi connectivity index (χ1) is 8.58. The molecule has 0 atom stereocenters. The molecule has 0 aromatic heterocycles. The van der Waals surface area contributed by atoms with E-state index in [1.54, 1.807) is 12.1 Å². The molecule has 96 valence electrons. The highest BCUT2D eigenvalue weighted by Gasteiger charge is 2.16. The molecule has 0 aliphatic carbocycles. The second-order valence-electron chi connectivity index (χ2n) is 4.42. The summed E-state index contributed by atoms with van der Waals surface area (Å²) >= 11 is 1.52. The maximum Gasteiger partial charge on any atom is 0.260 e. The van der Waals surface area contributed by atoms with Gasteiger partial charge in [0.05, 0.1) is 12.1 Å². The van der Waals surface area contributed by atoms with Crippen LogP contribution in [0.4, 0.5) is 0 Å². The first-order valence-electron chi connectivity index (χ1n) is 5.89. The van der Waals surface area contributed by atoms with Crippen molar-refractivity contribution in [2.45, 2.75) is 19.8 Å². The molecule has 0 fully saturated rings. The number of rotatable bonds is 2. The topological polar surface area (TPSA) is 61.7 Å². The Morgan fingerprint density at radius 3 is 2.89 bits per heavy atom. The molecule has 2 rings (SSSR count). The molecule has 0 saturated heterocycles. The summed E-state index contributed by atoms with van der Waals surface area (Å²) < 4.78 is 0. The van der Waals surface area contributed by atoms with E-state index in [0.717, 1.165) is 17.9 Å². The van der Waals surface area contributed by atoms with Crippen LogP contribution >= 0.6 is 11.8 Å². The van der Waals surface area contributed by atoms with Crippen molar-refractivity contribution in [1.29, 1.82) is 0 Å². The van der Waals surface area contributed by atoms with Gasteiger partial charge in [-0.1, -0.05) is 31.7 Å². The zero-order valence-corrected chi connectivity index (χ0v) is 11.3. The molecule has 5 heteroatoms. The van der Waals surface area contributed by atoms with Gasteiger partial charge in [-0.2, -0.15) is 0 Å². The Morgan fingerprint density at radius 2 is 2.28 bits per heavy atom. The quantitative estimate of drug-likeness (QED) is 0.862. The fourth-order valence-corrected chi connectivity index (χ4v) is 2.39. The number of benzene rings is 1. The van der Waals surface area contributed by atoms with Gasteiger partial charge in [0.15, 0.2) is 5.17 Å². The number of amides is 1. The summed E-state index contributed by atoms with van der Waals surface area (Å²) in [6.07, 6.45) is 0. The van der Waals surface area contributed by atoms with Crippen LogP contribution in [-0.2, 0) is 0 Å². The molecular weight excluding hydrogens is 248 g/mol. The number of aliphatic imine (C=N–C) groups is 1. The van der Waals surface area contributed by atoms with Gasteiger partial charge in [0, 0.05) is 5.75 Å². The highest BCUT2D eigenvalue weighted by atomic mass is 32.2. The Labute approximate surface area is 111 Å². The van der Waals surface area contributed by atoms with Gasteiger partial charge in [0.25, 0.3) is 5.91 Å². The molecule has 1 aliphatic heterocycles. The average molecular weight is 264 g/mol. The van der Waals surface area contributed by atoms with Gasteiger partial charge in [-0.3, -0.25) is 9.79 Å². The lowest BCUT2D eigenvalue weighted by atomic mass is 10.00. The number of hydrogen-bond acceptors (Lipinski definition) is 4. The number of nitrogens with zero attached hydrogens (tertiary/aromatic N) is 1. The molecule has 1 aromatic carbocycles. The summed E-state index contributed by atoms with van der Waals surface area (Å²) in [4.78, 5) is 16.2. The number of nitrogens with one attached hydrogen (secondary N) is 1. The maximum atomic E-state index is 12.0.